The summed E-state index contributed by atoms with van der Waals surface area (Å²) in [6, 6.07) is -0.631. The molecule has 1 heterocycles. The monoisotopic (exact) mass is 417 g/mol. The Labute approximate surface area is 169 Å². The van der Waals surface area contributed by atoms with Crippen LogP contribution < -0.4 is 0 Å². The second-order valence-corrected chi connectivity index (χ2v) is 14.4. The highest BCUT2D eigenvalue weighted by Gasteiger charge is 2.44. The molecular formula is C20H36FNO5Si. The van der Waals surface area contributed by atoms with Gasteiger partial charge in [0, 0.05) is 6.54 Å². The molecule has 1 rings (SSSR count). The first kappa shape index (κ1) is 24.6. The van der Waals surface area contributed by atoms with E-state index in [0.29, 0.717) is 13.0 Å². The summed E-state index contributed by atoms with van der Waals surface area (Å²) in [6.45, 7) is 18.0. The number of rotatable bonds is 5. The summed E-state index contributed by atoms with van der Waals surface area (Å²) in [5.41, 5.74) is -0.677. The third kappa shape index (κ3) is 6.88. The van der Waals surface area contributed by atoms with Crippen molar-refractivity contribution in [2.45, 2.75) is 90.8 Å². The Morgan fingerprint density at radius 3 is 2.21 bits per heavy atom. The second-order valence-electron chi connectivity index (χ2n) is 9.67. The summed E-state index contributed by atoms with van der Waals surface area (Å²) in [6.07, 6.45) is 0.742. The maximum absolute atomic E-state index is 14.2. The SMILES string of the molecule is CCOC(=O)C(F)=CC1CC(O[Si](C)(C)C(C)(C)C)CN1C(=O)OC(C)(C)C. The molecule has 0 aromatic rings. The number of carbonyl (C=O) groups is 2. The Morgan fingerprint density at radius 1 is 1.18 bits per heavy atom. The van der Waals surface area contributed by atoms with Crippen LogP contribution in [0.15, 0.2) is 11.9 Å². The van der Waals surface area contributed by atoms with Gasteiger partial charge in [0.05, 0.1) is 18.8 Å². The number of hydrogen-bond donors (Lipinski definition) is 0. The quantitative estimate of drug-likeness (QED) is 0.365. The fourth-order valence-electron chi connectivity index (χ4n) is 2.63. The number of hydrogen-bond acceptors (Lipinski definition) is 5. The van der Waals surface area contributed by atoms with E-state index in [1.807, 2.05) is 0 Å². The molecule has 1 aliphatic heterocycles. The van der Waals surface area contributed by atoms with Crippen LogP contribution in [0.3, 0.4) is 0 Å². The summed E-state index contributed by atoms with van der Waals surface area (Å²) in [4.78, 5) is 25.7. The van der Waals surface area contributed by atoms with Crippen LogP contribution in [-0.4, -0.2) is 56.2 Å². The molecule has 162 valence electrons. The second kappa shape index (κ2) is 8.94. The maximum atomic E-state index is 14.2. The number of halogens is 1. The lowest BCUT2D eigenvalue weighted by atomic mass is 10.2. The van der Waals surface area contributed by atoms with Crippen molar-refractivity contribution < 1.29 is 27.9 Å². The van der Waals surface area contributed by atoms with Gasteiger partial charge >= 0.3 is 12.1 Å². The van der Waals surface area contributed by atoms with E-state index >= 15 is 0 Å². The lowest BCUT2D eigenvalue weighted by Crippen LogP contribution is -2.45. The molecule has 0 aromatic carbocycles. The van der Waals surface area contributed by atoms with Gasteiger partial charge in [0.2, 0.25) is 5.83 Å². The average Bonchev–Trinajstić information content (AvgIpc) is 2.86. The summed E-state index contributed by atoms with van der Waals surface area (Å²) >= 11 is 0. The van der Waals surface area contributed by atoms with Crippen molar-refractivity contribution >= 4 is 20.4 Å². The van der Waals surface area contributed by atoms with Crippen molar-refractivity contribution in [3.05, 3.63) is 11.9 Å². The molecular weight excluding hydrogens is 381 g/mol. The Bertz CT molecular complexity index is 607. The van der Waals surface area contributed by atoms with Crippen molar-refractivity contribution in [3.8, 4) is 0 Å². The fraction of sp³-hybridized carbons (Fsp3) is 0.800. The number of nitrogens with zero attached hydrogens (tertiary/aromatic N) is 1. The number of carbonyl (C=O) groups excluding carboxylic acids is 2. The highest BCUT2D eigenvalue weighted by atomic mass is 28.4. The van der Waals surface area contributed by atoms with Crippen molar-refractivity contribution in [3.63, 3.8) is 0 Å². The minimum absolute atomic E-state index is 0.00779. The zero-order valence-corrected chi connectivity index (χ0v) is 19.7. The van der Waals surface area contributed by atoms with E-state index in [0.717, 1.165) is 6.08 Å². The Balaban J connectivity index is 3.06. The lowest BCUT2D eigenvalue weighted by Gasteiger charge is -2.38. The predicted octanol–water partition coefficient (Wildman–Crippen LogP) is 4.80. The standard InChI is InChI=1S/C20H36FNO5Si/c1-10-25-17(23)16(21)12-14-11-15(27-28(8,9)20(5,6)7)13-22(14)18(24)26-19(2,3)4/h12,14-15H,10-11,13H2,1-9H3. The maximum Gasteiger partial charge on any atom is 0.410 e. The van der Waals surface area contributed by atoms with Gasteiger partial charge in [-0.1, -0.05) is 20.8 Å². The van der Waals surface area contributed by atoms with Gasteiger partial charge in [0.1, 0.15) is 5.60 Å². The Kier molecular flexibility index (Phi) is 7.87. The van der Waals surface area contributed by atoms with Crippen molar-refractivity contribution in [1.82, 2.24) is 4.90 Å². The van der Waals surface area contributed by atoms with Gasteiger partial charge in [-0.25, -0.2) is 9.59 Å². The molecule has 1 amide bonds. The van der Waals surface area contributed by atoms with E-state index in [4.69, 9.17) is 13.9 Å². The summed E-state index contributed by atoms with van der Waals surface area (Å²) in [7, 11) is -2.07. The highest BCUT2D eigenvalue weighted by Crippen LogP contribution is 2.39. The van der Waals surface area contributed by atoms with Gasteiger partial charge in [-0.3, -0.25) is 4.90 Å². The molecule has 0 N–H and O–H groups in total. The molecule has 1 saturated heterocycles. The molecule has 0 saturated carbocycles. The number of likely N-dealkylation sites (tertiary alicyclic amines) is 1. The molecule has 0 aromatic heterocycles. The minimum Gasteiger partial charge on any atom is -0.461 e. The molecule has 0 radical (unpaired) electrons. The summed E-state index contributed by atoms with van der Waals surface area (Å²) in [5.74, 6) is -2.03. The molecule has 28 heavy (non-hydrogen) atoms. The van der Waals surface area contributed by atoms with Crippen LogP contribution >= 0.6 is 0 Å². The minimum atomic E-state index is -2.07. The van der Waals surface area contributed by atoms with Crippen LogP contribution in [0.5, 0.6) is 0 Å². The first-order chi connectivity index (χ1) is 12.6. The fourth-order valence-corrected chi connectivity index (χ4v) is 3.99. The van der Waals surface area contributed by atoms with Gasteiger partial charge in [-0.05, 0) is 58.3 Å². The van der Waals surface area contributed by atoms with Gasteiger partial charge in [-0.2, -0.15) is 4.39 Å². The van der Waals surface area contributed by atoms with Crippen LogP contribution in [-0.2, 0) is 18.7 Å². The summed E-state index contributed by atoms with van der Waals surface area (Å²) in [5, 5.41) is 0.00779. The molecule has 0 bridgehead atoms. The number of esters is 1. The zero-order valence-electron chi connectivity index (χ0n) is 18.7. The molecule has 2 unspecified atom stereocenters. The molecule has 0 aliphatic carbocycles. The summed E-state index contributed by atoms with van der Waals surface area (Å²) < 4.78 is 30.8. The Hall–Kier alpha value is -1.41. The topological polar surface area (TPSA) is 65.1 Å². The average molecular weight is 418 g/mol. The number of amides is 1. The third-order valence-electron chi connectivity index (χ3n) is 5.01. The highest BCUT2D eigenvalue weighted by molar-refractivity contribution is 6.74. The largest absolute Gasteiger partial charge is 0.461 e. The van der Waals surface area contributed by atoms with Crippen molar-refractivity contribution in [2.24, 2.45) is 0 Å². The zero-order chi connectivity index (χ0) is 21.9. The first-order valence-corrected chi connectivity index (χ1v) is 12.7. The van der Waals surface area contributed by atoms with E-state index in [1.54, 1.807) is 27.7 Å². The molecule has 8 heteroatoms. The normalized spacial score (nSPS) is 21.6. The van der Waals surface area contributed by atoms with E-state index in [-0.39, 0.29) is 17.7 Å². The molecule has 1 aliphatic rings. The van der Waals surface area contributed by atoms with Crippen LogP contribution in [0.2, 0.25) is 18.1 Å². The smallest absolute Gasteiger partial charge is 0.410 e. The first-order valence-electron chi connectivity index (χ1n) is 9.79. The third-order valence-corrected chi connectivity index (χ3v) is 9.54. The van der Waals surface area contributed by atoms with E-state index in [1.165, 1.54) is 4.90 Å². The molecule has 2 atom stereocenters. The van der Waals surface area contributed by atoms with Crippen LogP contribution in [0, 0.1) is 0 Å². The lowest BCUT2D eigenvalue weighted by molar-refractivity contribution is -0.140. The van der Waals surface area contributed by atoms with Gasteiger partial charge in [0.15, 0.2) is 8.32 Å². The van der Waals surface area contributed by atoms with Crippen LogP contribution in [0.4, 0.5) is 9.18 Å². The van der Waals surface area contributed by atoms with Crippen molar-refractivity contribution in [1.29, 1.82) is 0 Å². The molecule has 0 spiro atoms. The van der Waals surface area contributed by atoms with Crippen LogP contribution in [0.1, 0.15) is 54.9 Å². The van der Waals surface area contributed by atoms with Crippen LogP contribution in [0.25, 0.3) is 0 Å². The molecule has 1 fully saturated rings. The predicted molar refractivity (Wildman–Crippen MR) is 109 cm³/mol. The van der Waals surface area contributed by atoms with Gasteiger partial charge in [0.25, 0.3) is 0 Å². The Morgan fingerprint density at radius 2 is 1.75 bits per heavy atom. The van der Waals surface area contributed by atoms with Gasteiger partial charge < -0.3 is 13.9 Å². The van der Waals surface area contributed by atoms with E-state index in [2.05, 4.69) is 33.9 Å². The molecule has 6 nitrogen and oxygen atoms in total. The van der Waals surface area contributed by atoms with Gasteiger partial charge in [-0.15, -0.1) is 0 Å². The van der Waals surface area contributed by atoms with Crippen molar-refractivity contribution in [2.75, 3.05) is 13.2 Å². The number of ether oxygens (including phenoxy) is 2. The van der Waals surface area contributed by atoms with E-state index < -0.39 is 37.8 Å². The van der Waals surface area contributed by atoms with E-state index in [9.17, 15) is 14.0 Å².